The molecule has 1 fully saturated rings. The molecule has 2 aromatic heterocycles. The van der Waals surface area contributed by atoms with Crippen LogP contribution in [0.25, 0.3) is 0 Å². The van der Waals surface area contributed by atoms with Gasteiger partial charge in [-0.3, -0.25) is 29.2 Å². The Morgan fingerprint density at radius 1 is 0.957 bits per heavy atom. The maximum absolute atomic E-state index is 13.2. The van der Waals surface area contributed by atoms with Gasteiger partial charge < -0.3 is 31.7 Å². The second-order valence-electron chi connectivity index (χ2n) is 11.0. The number of aromatic nitrogens is 3. The molecule has 1 aliphatic rings. The number of benzene rings is 1. The number of amides is 3. The van der Waals surface area contributed by atoms with Gasteiger partial charge in [-0.05, 0) is 48.7 Å². The molecule has 0 aliphatic carbocycles. The molecule has 14 nitrogen and oxygen atoms in total. The molecule has 3 heterocycles. The minimum atomic E-state index is -0.401. The largest absolute Gasteiger partial charge is 0.395 e. The number of nitrogens with one attached hydrogen (secondary N) is 5. The predicted octanol–water partition coefficient (Wildman–Crippen LogP) is 1.82. The molecule has 3 amide bonds. The van der Waals surface area contributed by atoms with Gasteiger partial charge in [0.2, 0.25) is 17.8 Å². The summed E-state index contributed by atoms with van der Waals surface area (Å²) in [6, 6.07) is 10.6. The zero-order chi connectivity index (χ0) is 33.3. The lowest BCUT2D eigenvalue weighted by atomic mass is 10.2. The first-order chi connectivity index (χ1) is 22.9. The normalized spacial score (nSPS) is 13.7. The Morgan fingerprint density at radius 2 is 1.70 bits per heavy atom. The summed E-state index contributed by atoms with van der Waals surface area (Å²) >= 11 is 0. The fourth-order valence-corrected chi connectivity index (χ4v) is 4.83. The Morgan fingerprint density at radius 3 is 2.45 bits per heavy atom. The van der Waals surface area contributed by atoms with Crippen LogP contribution in [0, 0.1) is 0 Å². The Hall–Kier alpha value is -4.92. The molecule has 4 rings (SSSR count). The summed E-state index contributed by atoms with van der Waals surface area (Å²) in [5.41, 5.74) is 2.36. The van der Waals surface area contributed by atoms with Gasteiger partial charge in [-0.25, -0.2) is 4.98 Å². The third-order valence-corrected chi connectivity index (χ3v) is 7.36. The zero-order valence-corrected chi connectivity index (χ0v) is 26.7. The van der Waals surface area contributed by atoms with E-state index < -0.39 is 11.8 Å². The number of aliphatic hydroxyl groups excluding tert-OH is 1. The lowest BCUT2D eigenvalue weighted by Gasteiger charge is -2.33. The number of anilines is 4. The van der Waals surface area contributed by atoms with Gasteiger partial charge >= 0.3 is 0 Å². The first kappa shape index (κ1) is 34.9. The number of piperazine rings is 1. The van der Waals surface area contributed by atoms with Gasteiger partial charge in [0.1, 0.15) is 11.4 Å². The van der Waals surface area contributed by atoms with Gasteiger partial charge in [0, 0.05) is 88.4 Å². The minimum Gasteiger partial charge on any atom is -0.395 e. The van der Waals surface area contributed by atoms with E-state index in [1.54, 1.807) is 42.7 Å². The molecule has 1 saturated heterocycles. The number of aliphatic hydroxyl groups is 1. The predicted molar refractivity (Wildman–Crippen MR) is 182 cm³/mol. The van der Waals surface area contributed by atoms with E-state index in [0.717, 1.165) is 44.6 Å². The summed E-state index contributed by atoms with van der Waals surface area (Å²) < 4.78 is 0. The third kappa shape index (κ3) is 12.1. The number of carbonyl (C=O) groups is 3. The van der Waals surface area contributed by atoms with Crippen molar-refractivity contribution in [2.24, 2.45) is 0 Å². The van der Waals surface area contributed by atoms with Crippen LogP contribution in [-0.4, -0.2) is 113 Å². The Balaban J connectivity index is 1.24. The van der Waals surface area contributed by atoms with Crippen LogP contribution in [-0.2, 0) is 16.0 Å². The van der Waals surface area contributed by atoms with Gasteiger partial charge in [0.25, 0.3) is 5.91 Å². The molecule has 0 radical (unpaired) electrons. The second-order valence-corrected chi connectivity index (χ2v) is 11.0. The van der Waals surface area contributed by atoms with Crippen LogP contribution < -0.4 is 26.6 Å². The molecule has 0 atom stereocenters. The van der Waals surface area contributed by atoms with Crippen LogP contribution >= 0.6 is 0 Å². The monoisotopic (exact) mass is 644 g/mol. The third-order valence-electron chi connectivity index (χ3n) is 7.36. The van der Waals surface area contributed by atoms with Crippen LogP contribution in [0.5, 0.6) is 0 Å². The Kier molecular flexibility index (Phi) is 14.1. The molecule has 6 N–H and O–H groups in total. The van der Waals surface area contributed by atoms with Crippen molar-refractivity contribution in [2.45, 2.75) is 19.8 Å². The molecular weight excluding hydrogens is 600 g/mol. The number of hydrogen-bond acceptors (Lipinski definition) is 11. The van der Waals surface area contributed by atoms with Crippen LogP contribution in [0.2, 0.25) is 0 Å². The van der Waals surface area contributed by atoms with E-state index in [1.165, 1.54) is 12.3 Å². The van der Waals surface area contributed by atoms with Crippen LogP contribution in [0.1, 0.15) is 29.3 Å². The summed E-state index contributed by atoms with van der Waals surface area (Å²) in [6.07, 6.45) is 9.82. The number of nitrogens with zero attached hydrogens (tertiary/aromatic N) is 5. The van der Waals surface area contributed by atoms with Crippen molar-refractivity contribution >= 4 is 40.9 Å². The van der Waals surface area contributed by atoms with Crippen molar-refractivity contribution in [1.29, 1.82) is 0 Å². The molecule has 0 bridgehead atoms. The lowest BCUT2D eigenvalue weighted by molar-refractivity contribution is -0.121. The summed E-state index contributed by atoms with van der Waals surface area (Å²) in [5.74, 6) is -0.330. The quantitative estimate of drug-likeness (QED) is 0.118. The molecule has 0 saturated carbocycles. The SMILES string of the molecule is CCCNc1nc(NCCc2ccncc2)ncc1C(=O)Nc1cccc(NC(=O)CNC(=O)/C=C/CN2CCN(CCO)CC2)c1. The average Bonchev–Trinajstić information content (AvgIpc) is 3.08. The first-order valence-electron chi connectivity index (χ1n) is 15.9. The molecule has 0 spiro atoms. The van der Waals surface area contributed by atoms with E-state index >= 15 is 0 Å². The van der Waals surface area contributed by atoms with E-state index in [0.29, 0.717) is 49.3 Å². The summed E-state index contributed by atoms with van der Waals surface area (Å²) in [6.45, 7) is 8.06. The van der Waals surface area contributed by atoms with Crippen molar-refractivity contribution < 1.29 is 19.5 Å². The van der Waals surface area contributed by atoms with E-state index in [1.807, 2.05) is 19.1 Å². The van der Waals surface area contributed by atoms with Gasteiger partial charge in [-0.15, -0.1) is 0 Å². The van der Waals surface area contributed by atoms with Gasteiger partial charge in [0.05, 0.1) is 13.2 Å². The molecule has 3 aromatic rings. The molecule has 1 aromatic carbocycles. The Bertz CT molecular complexity index is 1480. The highest BCUT2D eigenvalue weighted by molar-refractivity contribution is 6.07. The van der Waals surface area contributed by atoms with E-state index in [-0.39, 0.29) is 24.6 Å². The highest BCUT2D eigenvalue weighted by atomic mass is 16.3. The molecule has 14 heteroatoms. The maximum atomic E-state index is 13.2. The van der Waals surface area contributed by atoms with Crippen molar-refractivity contribution in [1.82, 2.24) is 30.1 Å². The van der Waals surface area contributed by atoms with E-state index in [9.17, 15) is 14.4 Å². The minimum absolute atomic E-state index is 0.159. The number of β-amino-alcohol motifs (C(OH)–C–C–N with tert-alkyl or cyclic N) is 1. The summed E-state index contributed by atoms with van der Waals surface area (Å²) in [4.78, 5) is 55.3. The topological polar surface area (TPSA) is 177 Å². The van der Waals surface area contributed by atoms with Gasteiger partial charge in [-0.1, -0.05) is 19.1 Å². The highest BCUT2D eigenvalue weighted by Gasteiger charge is 2.17. The second kappa shape index (κ2) is 18.9. The first-order valence-corrected chi connectivity index (χ1v) is 15.9. The standard InChI is InChI=1S/C33H44N10O4/c1-2-11-35-31-28(23-38-33(41-31)36-14-10-25-8-12-34-13-9-25)32(47)40-27-6-3-5-26(22-27)39-30(46)24-37-29(45)7-4-15-42-16-18-43(19-17-42)20-21-44/h3-9,12-13,22-23,44H,2,10-11,14-21,24H2,1H3,(H,37,45)(H,39,46)(H,40,47)(H2,35,36,38,41)/b7-4+. The van der Waals surface area contributed by atoms with Gasteiger partial charge in [0.15, 0.2) is 0 Å². The van der Waals surface area contributed by atoms with E-state index in [2.05, 4.69) is 51.3 Å². The summed E-state index contributed by atoms with van der Waals surface area (Å²) in [5, 5.41) is 23.6. The summed E-state index contributed by atoms with van der Waals surface area (Å²) in [7, 11) is 0. The molecular formula is C33H44N10O4. The van der Waals surface area contributed by atoms with E-state index in [4.69, 9.17) is 5.11 Å². The average molecular weight is 645 g/mol. The van der Waals surface area contributed by atoms with Gasteiger partial charge in [-0.2, -0.15) is 4.98 Å². The van der Waals surface area contributed by atoms with Crippen LogP contribution in [0.15, 0.2) is 67.1 Å². The maximum Gasteiger partial charge on any atom is 0.260 e. The highest BCUT2D eigenvalue weighted by Crippen LogP contribution is 2.19. The number of hydrogen-bond donors (Lipinski definition) is 6. The zero-order valence-electron chi connectivity index (χ0n) is 26.7. The number of carbonyl (C=O) groups excluding carboxylic acids is 3. The number of pyridine rings is 1. The van der Waals surface area contributed by atoms with Crippen molar-refractivity contribution in [3.05, 3.63) is 78.3 Å². The Labute approximate surface area is 275 Å². The molecule has 47 heavy (non-hydrogen) atoms. The fraction of sp³-hybridized carbons (Fsp3) is 0.394. The van der Waals surface area contributed by atoms with Crippen molar-refractivity contribution in [2.75, 3.05) is 86.8 Å². The molecule has 250 valence electrons. The van der Waals surface area contributed by atoms with Crippen LogP contribution in [0.3, 0.4) is 0 Å². The van der Waals surface area contributed by atoms with Crippen molar-refractivity contribution in [3.63, 3.8) is 0 Å². The lowest BCUT2D eigenvalue weighted by Crippen LogP contribution is -2.47. The molecule has 1 aliphatic heterocycles. The number of rotatable bonds is 17. The smallest absolute Gasteiger partial charge is 0.260 e. The fourth-order valence-electron chi connectivity index (χ4n) is 4.83. The molecule has 0 unspecified atom stereocenters. The van der Waals surface area contributed by atoms with Crippen molar-refractivity contribution in [3.8, 4) is 0 Å². The van der Waals surface area contributed by atoms with Crippen LogP contribution in [0.4, 0.5) is 23.1 Å².